The van der Waals surface area contributed by atoms with Gasteiger partial charge in [-0.3, -0.25) is 14.9 Å². The number of ether oxygens (including phenoxy) is 1. The van der Waals surface area contributed by atoms with Crippen LogP contribution in [0.1, 0.15) is 40.7 Å². The molecule has 1 fully saturated rings. The molecule has 9 heteroatoms. The standard InChI is InChI=1S/C29H33N5O4/c30-24(28(36)37)18-20-12-14-21(15-13-20)27(35)33-29(31)32-19-23-25(34-16-5-2-6-17-34)10-7-11-26(23)38-22-8-3-1-4-9-22/h1,3-4,7-15,24H,2,5-6,16-19,30H2,(H,36,37)(H3,31,32,33,35). The zero-order valence-corrected chi connectivity index (χ0v) is 21.2. The van der Waals surface area contributed by atoms with Crippen LogP contribution in [0.25, 0.3) is 0 Å². The summed E-state index contributed by atoms with van der Waals surface area (Å²) >= 11 is 0. The molecule has 0 spiro atoms. The first-order chi connectivity index (χ1) is 18.4. The number of aliphatic carboxylic acids is 1. The maximum atomic E-state index is 12.7. The van der Waals surface area contributed by atoms with E-state index in [1.165, 1.54) is 6.42 Å². The summed E-state index contributed by atoms with van der Waals surface area (Å²) in [5, 5.41) is 11.6. The second-order valence-electron chi connectivity index (χ2n) is 9.22. The molecule has 1 unspecified atom stereocenters. The smallest absolute Gasteiger partial charge is 0.320 e. The number of carbonyl (C=O) groups excluding carboxylic acids is 1. The number of anilines is 1. The number of benzene rings is 3. The largest absolute Gasteiger partial charge is 0.480 e. The lowest BCUT2D eigenvalue weighted by Crippen LogP contribution is -2.37. The second kappa shape index (κ2) is 12.7. The summed E-state index contributed by atoms with van der Waals surface area (Å²) in [5.41, 5.74) is 14.7. The number of nitrogens with zero attached hydrogens (tertiary/aromatic N) is 2. The van der Waals surface area contributed by atoms with Crippen LogP contribution in [-0.2, 0) is 17.8 Å². The number of carboxylic acids is 1. The molecule has 0 saturated carbocycles. The topological polar surface area (TPSA) is 143 Å². The highest BCUT2D eigenvalue weighted by molar-refractivity contribution is 6.05. The van der Waals surface area contributed by atoms with E-state index < -0.39 is 17.9 Å². The minimum atomic E-state index is -1.07. The molecule has 6 N–H and O–H groups in total. The van der Waals surface area contributed by atoms with Crippen molar-refractivity contribution < 1.29 is 19.4 Å². The third-order valence-corrected chi connectivity index (χ3v) is 6.41. The van der Waals surface area contributed by atoms with E-state index in [9.17, 15) is 9.59 Å². The van der Waals surface area contributed by atoms with E-state index in [2.05, 4.69) is 21.3 Å². The molecule has 0 bridgehead atoms. The van der Waals surface area contributed by atoms with Crippen molar-refractivity contribution >= 4 is 23.5 Å². The van der Waals surface area contributed by atoms with Crippen molar-refractivity contribution in [1.82, 2.24) is 5.32 Å². The van der Waals surface area contributed by atoms with Crippen LogP contribution in [0.15, 0.2) is 77.8 Å². The van der Waals surface area contributed by atoms with Crippen LogP contribution in [0.2, 0.25) is 0 Å². The normalized spacial score (nSPS) is 14.6. The molecule has 1 saturated heterocycles. The van der Waals surface area contributed by atoms with Gasteiger partial charge in [-0.1, -0.05) is 36.4 Å². The Kier molecular flexibility index (Phi) is 8.94. The number of nitrogens with one attached hydrogen (secondary N) is 1. The molecule has 198 valence electrons. The number of amides is 1. The summed E-state index contributed by atoms with van der Waals surface area (Å²) in [6.07, 6.45) is 3.65. The van der Waals surface area contributed by atoms with E-state index in [1.54, 1.807) is 24.3 Å². The van der Waals surface area contributed by atoms with Gasteiger partial charge in [0, 0.05) is 29.9 Å². The lowest BCUT2D eigenvalue weighted by molar-refractivity contribution is -0.138. The number of carbonyl (C=O) groups is 2. The van der Waals surface area contributed by atoms with Crippen molar-refractivity contribution in [2.45, 2.75) is 38.3 Å². The molecule has 1 aliphatic rings. The number of rotatable bonds is 9. The fraction of sp³-hybridized carbons (Fsp3) is 0.276. The predicted molar refractivity (Wildman–Crippen MR) is 148 cm³/mol. The Morgan fingerprint density at radius 2 is 1.68 bits per heavy atom. The quantitative estimate of drug-likeness (QED) is 0.251. The van der Waals surface area contributed by atoms with E-state index in [0.717, 1.165) is 48.5 Å². The van der Waals surface area contributed by atoms with Crippen LogP contribution in [-0.4, -0.2) is 42.1 Å². The van der Waals surface area contributed by atoms with Crippen molar-refractivity contribution in [2.24, 2.45) is 16.5 Å². The van der Waals surface area contributed by atoms with Gasteiger partial charge >= 0.3 is 5.97 Å². The van der Waals surface area contributed by atoms with E-state index in [1.807, 2.05) is 42.5 Å². The van der Waals surface area contributed by atoms with Gasteiger partial charge in [-0.05, 0) is 67.6 Å². The van der Waals surface area contributed by atoms with Crippen LogP contribution in [0.4, 0.5) is 5.69 Å². The number of para-hydroxylation sites is 1. The van der Waals surface area contributed by atoms with Gasteiger partial charge in [-0.25, -0.2) is 4.99 Å². The summed E-state index contributed by atoms with van der Waals surface area (Å²) in [6.45, 7) is 2.16. The fourth-order valence-electron chi connectivity index (χ4n) is 4.38. The predicted octanol–water partition coefficient (Wildman–Crippen LogP) is 3.67. The molecule has 1 aliphatic heterocycles. The molecular formula is C29H33N5O4. The molecular weight excluding hydrogens is 482 g/mol. The van der Waals surface area contributed by atoms with Crippen LogP contribution < -0.4 is 26.4 Å². The minimum absolute atomic E-state index is 0.00826. The molecule has 0 radical (unpaired) electrons. The Hall–Kier alpha value is -4.37. The zero-order chi connectivity index (χ0) is 26.9. The lowest BCUT2D eigenvalue weighted by atomic mass is 10.0. The van der Waals surface area contributed by atoms with E-state index in [-0.39, 0.29) is 18.9 Å². The molecule has 1 atom stereocenters. The molecule has 1 amide bonds. The maximum Gasteiger partial charge on any atom is 0.320 e. The zero-order valence-electron chi connectivity index (χ0n) is 21.2. The second-order valence-corrected chi connectivity index (χ2v) is 9.22. The van der Waals surface area contributed by atoms with Gasteiger partial charge in [-0.2, -0.15) is 0 Å². The fourth-order valence-corrected chi connectivity index (χ4v) is 4.38. The molecule has 3 aromatic carbocycles. The highest BCUT2D eigenvalue weighted by Crippen LogP contribution is 2.34. The summed E-state index contributed by atoms with van der Waals surface area (Å²) in [6, 6.07) is 21.1. The van der Waals surface area contributed by atoms with Gasteiger partial charge < -0.3 is 26.2 Å². The SMILES string of the molecule is NC(=NCc1c(Oc2ccccc2)cccc1N1CCCCC1)NC(=O)c1ccc(CC(N)C(=O)O)cc1. The summed E-state index contributed by atoms with van der Waals surface area (Å²) in [7, 11) is 0. The highest BCUT2D eigenvalue weighted by atomic mass is 16.5. The van der Waals surface area contributed by atoms with Crippen LogP contribution in [0.3, 0.4) is 0 Å². The average molecular weight is 516 g/mol. The van der Waals surface area contributed by atoms with Gasteiger partial charge in [-0.15, -0.1) is 0 Å². The van der Waals surface area contributed by atoms with E-state index in [4.69, 9.17) is 21.3 Å². The first kappa shape index (κ1) is 26.7. The minimum Gasteiger partial charge on any atom is -0.480 e. The summed E-state index contributed by atoms with van der Waals surface area (Å²) in [5.74, 6) is -0.0775. The van der Waals surface area contributed by atoms with Crippen molar-refractivity contribution in [2.75, 3.05) is 18.0 Å². The third kappa shape index (κ3) is 7.10. The van der Waals surface area contributed by atoms with Crippen LogP contribution >= 0.6 is 0 Å². The number of piperidine rings is 1. The van der Waals surface area contributed by atoms with Crippen LogP contribution in [0, 0.1) is 0 Å². The van der Waals surface area contributed by atoms with Gasteiger partial charge in [0.25, 0.3) is 5.91 Å². The van der Waals surface area contributed by atoms with Crippen molar-refractivity contribution in [3.8, 4) is 11.5 Å². The molecule has 38 heavy (non-hydrogen) atoms. The lowest BCUT2D eigenvalue weighted by Gasteiger charge is -2.31. The van der Waals surface area contributed by atoms with Crippen LogP contribution in [0.5, 0.6) is 11.5 Å². The van der Waals surface area contributed by atoms with Gasteiger partial charge in [0.1, 0.15) is 17.5 Å². The number of aliphatic imine (C=N–C) groups is 1. The first-order valence-corrected chi connectivity index (χ1v) is 12.7. The number of carboxylic acid groups (broad SMARTS) is 1. The Balaban J connectivity index is 1.49. The Bertz CT molecular complexity index is 1270. The monoisotopic (exact) mass is 515 g/mol. The molecule has 1 heterocycles. The Morgan fingerprint density at radius 1 is 0.974 bits per heavy atom. The van der Waals surface area contributed by atoms with Gasteiger partial charge in [0.05, 0.1) is 6.54 Å². The average Bonchev–Trinajstić information content (AvgIpc) is 2.93. The first-order valence-electron chi connectivity index (χ1n) is 12.7. The number of hydrogen-bond acceptors (Lipinski definition) is 6. The third-order valence-electron chi connectivity index (χ3n) is 6.41. The van der Waals surface area contributed by atoms with Gasteiger partial charge in [0.15, 0.2) is 5.96 Å². The van der Waals surface area contributed by atoms with E-state index in [0.29, 0.717) is 11.3 Å². The van der Waals surface area contributed by atoms with E-state index >= 15 is 0 Å². The molecule has 0 aliphatic carbocycles. The molecule has 0 aromatic heterocycles. The Morgan fingerprint density at radius 3 is 2.37 bits per heavy atom. The highest BCUT2D eigenvalue weighted by Gasteiger charge is 2.18. The molecule has 4 rings (SSSR count). The van der Waals surface area contributed by atoms with Crippen molar-refractivity contribution in [3.05, 3.63) is 89.5 Å². The molecule has 3 aromatic rings. The van der Waals surface area contributed by atoms with Gasteiger partial charge in [0.2, 0.25) is 0 Å². The maximum absolute atomic E-state index is 12.7. The summed E-state index contributed by atoms with van der Waals surface area (Å²) in [4.78, 5) is 30.5. The Labute approximate surface area is 222 Å². The number of hydrogen-bond donors (Lipinski definition) is 4. The number of nitrogens with two attached hydrogens (primary N) is 2. The van der Waals surface area contributed by atoms with Crippen molar-refractivity contribution in [1.29, 1.82) is 0 Å². The number of guanidine groups is 1. The van der Waals surface area contributed by atoms with Crippen molar-refractivity contribution in [3.63, 3.8) is 0 Å². The molecule has 9 nitrogen and oxygen atoms in total. The summed E-state index contributed by atoms with van der Waals surface area (Å²) < 4.78 is 6.21.